The number of carbonyl (C=O) groups excluding carboxylic acids is 1. The summed E-state index contributed by atoms with van der Waals surface area (Å²) in [6.45, 7) is 3.38. The average Bonchev–Trinajstić information content (AvgIpc) is 2.53. The number of rotatable bonds is 2. The Morgan fingerprint density at radius 3 is 2.91 bits per heavy atom. The molecule has 2 aliphatic rings. The number of morpholine rings is 1. The largest absolute Gasteiger partial charge is 0.374 e. The zero-order valence-electron chi connectivity index (χ0n) is 12.6. The minimum atomic E-state index is -2.70. The van der Waals surface area contributed by atoms with Crippen LogP contribution < -0.4 is 4.90 Å². The second kappa shape index (κ2) is 6.52. The van der Waals surface area contributed by atoms with E-state index in [1.165, 1.54) is 6.92 Å². The Bertz CT molecular complexity index is 604. The molecule has 2 fully saturated rings. The lowest BCUT2D eigenvalue weighted by Crippen LogP contribution is -2.61. The molecule has 1 aromatic heterocycles. The van der Waals surface area contributed by atoms with E-state index in [-0.39, 0.29) is 34.6 Å². The van der Waals surface area contributed by atoms with Crippen molar-refractivity contribution >= 4 is 23.3 Å². The molecule has 2 saturated heterocycles. The number of piperidine rings is 1. The van der Waals surface area contributed by atoms with Crippen LogP contribution in [0.2, 0.25) is 5.15 Å². The number of fused-ring (bicyclic) bond motifs is 1. The van der Waals surface area contributed by atoms with Crippen molar-refractivity contribution in [3.8, 4) is 0 Å². The van der Waals surface area contributed by atoms with Crippen molar-refractivity contribution in [2.75, 3.05) is 31.1 Å². The molecule has 2 atom stereocenters. The van der Waals surface area contributed by atoms with Gasteiger partial charge < -0.3 is 14.5 Å². The van der Waals surface area contributed by atoms with Crippen LogP contribution in [-0.2, 0) is 9.53 Å². The van der Waals surface area contributed by atoms with Gasteiger partial charge in [0.25, 0.3) is 6.43 Å². The number of amides is 1. The third kappa shape index (κ3) is 3.23. The summed E-state index contributed by atoms with van der Waals surface area (Å²) in [5, 5.41) is 7.53. The van der Waals surface area contributed by atoms with Crippen molar-refractivity contribution in [2.45, 2.75) is 31.9 Å². The van der Waals surface area contributed by atoms with Gasteiger partial charge in [0.1, 0.15) is 0 Å². The lowest BCUT2D eigenvalue weighted by molar-refractivity contribution is -0.133. The van der Waals surface area contributed by atoms with Gasteiger partial charge in [0.2, 0.25) is 5.91 Å². The van der Waals surface area contributed by atoms with Crippen molar-refractivity contribution in [3.05, 3.63) is 16.8 Å². The van der Waals surface area contributed by atoms with Gasteiger partial charge in [0, 0.05) is 26.6 Å². The third-order valence-electron chi connectivity index (χ3n) is 4.31. The first-order chi connectivity index (χ1) is 11.0. The van der Waals surface area contributed by atoms with Crippen LogP contribution in [0, 0.1) is 0 Å². The van der Waals surface area contributed by atoms with Crippen LogP contribution in [0.1, 0.15) is 25.3 Å². The van der Waals surface area contributed by atoms with E-state index >= 15 is 0 Å². The Morgan fingerprint density at radius 2 is 2.22 bits per heavy atom. The summed E-state index contributed by atoms with van der Waals surface area (Å²) in [5.74, 6) is 0.0818. The molecular formula is C14H17ClF2N4O2. The van der Waals surface area contributed by atoms with Gasteiger partial charge in [-0.3, -0.25) is 4.79 Å². The Morgan fingerprint density at radius 1 is 1.43 bits per heavy atom. The predicted octanol–water partition coefficient (Wildman–Crippen LogP) is 1.89. The monoisotopic (exact) mass is 346 g/mol. The maximum absolute atomic E-state index is 13.3. The van der Waals surface area contributed by atoms with E-state index < -0.39 is 6.43 Å². The van der Waals surface area contributed by atoms with Crippen molar-refractivity contribution in [2.24, 2.45) is 0 Å². The van der Waals surface area contributed by atoms with Gasteiger partial charge in [0.15, 0.2) is 11.0 Å². The molecule has 0 aromatic carbocycles. The van der Waals surface area contributed by atoms with E-state index in [1.54, 1.807) is 9.80 Å². The molecule has 0 unspecified atom stereocenters. The summed E-state index contributed by atoms with van der Waals surface area (Å²) in [5.41, 5.74) is -0.245. The van der Waals surface area contributed by atoms with E-state index in [2.05, 4.69) is 10.2 Å². The number of hydrogen-bond donors (Lipinski definition) is 0. The van der Waals surface area contributed by atoms with Crippen LogP contribution in [0.15, 0.2) is 6.07 Å². The van der Waals surface area contributed by atoms with Gasteiger partial charge in [-0.15, -0.1) is 10.2 Å². The van der Waals surface area contributed by atoms with Gasteiger partial charge in [0.05, 0.1) is 24.3 Å². The number of nitrogens with zero attached hydrogens (tertiary/aromatic N) is 4. The molecule has 2 aliphatic heterocycles. The molecule has 6 nitrogen and oxygen atoms in total. The molecule has 126 valence electrons. The number of carbonyl (C=O) groups is 1. The van der Waals surface area contributed by atoms with E-state index in [4.69, 9.17) is 16.3 Å². The Hall–Kier alpha value is -1.54. The van der Waals surface area contributed by atoms with Crippen molar-refractivity contribution < 1.29 is 18.3 Å². The molecule has 0 radical (unpaired) electrons. The van der Waals surface area contributed by atoms with Crippen LogP contribution in [0.25, 0.3) is 0 Å². The van der Waals surface area contributed by atoms with Crippen molar-refractivity contribution in [1.29, 1.82) is 0 Å². The average molecular weight is 347 g/mol. The lowest BCUT2D eigenvalue weighted by atomic mass is 9.98. The molecule has 0 bridgehead atoms. The van der Waals surface area contributed by atoms with Crippen molar-refractivity contribution in [1.82, 2.24) is 15.1 Å². The molecule has 0 aliphatic carbocycles. The van der Waals surface area contributed by atoms with Crippen LogP contribution >= 0.6 is 11.6 Å². The van der Waals surface area contributed by atoms with E-state index in [9.17, 15) is 13.6 Å². The highest BCUT2D eigenvalue weighted by Crippen LogP contribution is 2.33. The maximum atomic E-state index is 13.3. The lowest BCUT2D eigenvalue weighted by Gasteiger charge is -2.47. The summed E-state index contributed by atoms with van der Waals surface area (Å²) < 4.78 is 32.4. The normalized spacial score (nSPS) is 24.7. The highest BCUT2D eigenvalue weighted by Gasteiger charge is 2.39. The number of halogens is 3. The summed E-state index contributed by atoms with van der Waals surface area (Å²) in [6.07, 6.45) is -2.14. The zero-order chi connectivity index (χ0) is 16.6. The highest BCUT2D eigenvalue weighted by atomic mass is 35.5. The van der Waals surface area contributed by atoms with Crippen LogP contribution in [0.5, 0.6) is 0 Å². The van der Waals surface area contributed by atoms with Gasteiger partial charge in [-0.25, -0.2) is 8.78 Å². The number of anilines is 1. The molecular weight excluding hydrogens is 330 g/mol. The SMILES string of the molecule is CC(=O)N1CC[C@H]2OCCN(c3nnc(Cl)cc3C(F)F)[C@H]2C1. The third-order valence-corrected chi connectivity index (χ3v) is 4.49. The predicted molar refractivity (Wildman–Crippen MR) is 79.7 cm³/mol. The first-order valence-corrected chi connectivity index (χ1v) is 7.80. The molecule has 9 heteroatoms. The molecule has 1 amide bonds. The van der Waals surface area contributed by atoms with E-state index in [0.29, 0.717) is 32.7 Å². The Kier molecular flexibility index (Phi) is 4.63. The quantitative estimate of drug-likeness (QED) is 0.818. The number of aromatic nitrogens is 2. The van der Waals surface area contributed by atoms with Crippen LogP contribution in [0.4, 0.5) is 14.6 Å². The van der Waals surface area contributed by atoms with Gasteiger partial charge in [-0.2, -0.15) is 0 Å². The smallest absolute Gasteiger partial charge is 0.267 e. The van der Waals surface area contributed by atoms with Gasteiger partial charge >= 0.3 is 0 Å². The molecule has 0 spiro atoms. The standard InChI is InChI=1S/C14H17ClF2N4O2/c1-8(22)20-3-2-11-10(7-20)21(4-5-23-11)14-9(13(16)17)6-12(15)18-19-14/h6,10-11,13H,2-5,7H2,1H3/t10-,11+/m0/s1. The van der Waals surface area contributed by atoms with Crippen LogP contribution in [-0.4, -0.2) is 59.4 Å². The van der Waals surface area contributed by atoms with E-state index in [1.807, 2.05) is 0 Å². The van der Waals surface area contributed by atoms with Gasteiger partial charge in [-0.05, 0) is 12.5 Å². The number of ether oxygens (including phenoxy) is 1. The summed E-state index contributed by atoms with van der Waals surface area (Å²) in [4.78, 5) is 15.1. The fourth-order valence-electron chi connectivity index (χ4n) is 3.18. The molecule has 0 N–H and O–H groups in total. The molecule has 1 aromatic rings. The summed E-state index contributed by atoms with van der Waals surface area (Å²) >= 11 is 5.70. The fourth-order valence-corrected chi connectivity index (χ4v) is 3.33. The van der Waals surface area contributed by atoms with E-state index in [0.717, 1.165) is 6.07 Å². The number of hydrogen-bond acceptors (Lipinski definition) is 5. The molecule has 3 heterocycles. The fraction of sp³-hybridized carbons (Fsp3) is 0.643. The Labute approximate surface area is 137 Å². The highest BCUT2D eigenvalue weighted by molar-refractivity contribution is 6.29. The number of alkyl halides is 2. The van der Waals surface area contributed by atoms with Gasteiger partial charge in [-0.1, -0.05) is 11.6 Å². The van der Waals surface area contributed by atoms with Crippen molar-refractivity contribution in [3.63, 3.8) is 0 Å². The first-order valence-electron chi connectivity index (χ1n) is 7.42. The molecule has 0 saturated carbocycles. The zero-order valence-corrected chi connectivity index (χ0v) is 13.3. The molecule has 23 heavy (non-hydrogen) atoms. The second-order valence-corrected chi connectivity index (χ2v) is 6.06. The number of likely N-dealkylation sites (tertiary alicyclic amines) is 1. The minimum absolute atomic E-state index is 0.0368. The topological polar surface area (TPSA) is 58.6 Å². The minimum Gasteiger partial charge on any atom is -0.374 e. The van der Waals surface area contributed by atoms with Crippen LogP contribution in [0.3, 0.4) is 0 Å². The molecule has 3 rings (SSSR count). The second-order valence-electron chi connectivity index (χ2n) is 5.67. The maximum Gasteiger partial charge on any atom is 0.267 e. The Balaban J connectivity index is 1.93. The first kappa shape index (κ1) is 16.3. The summed E-state index contributed by atoms with van der Waals surface area (Å²) in [7, 11) is 0. The summed E-state index contributed by atoms with van der Waals surface area (Å²) in [6, 6.07) is 0.930.